The second-order valence-corrected chi connectivity index (χ2v) is 5.90. The van der Waals surface area contributed by atoms with E-state index in [2.05, 4.69) is 5.32 Å². The van der Waals surface area contributed by atoms with Gasteiger partial charge >= 0.3 is 6.09 Å². The normalized spacial score (nSPS) is 12.4. The number of rotatable bonds is 4. The molecular formula is C14H26N2O3. The number of nitrogens with zero attached hydrogens (tertiary/aromatic N) is 1. The zero-order valence-electron chi connectivity index (χ0n) is 13.0. The molecule has 0 aliphatic carbocycles. The molecular weight excluding hydrogens is 244 g/mol. The van der Waals surface area contributed by atoms with E-state index in [9.17, 15) is 9.59 Å². The summed E-state index contributed by atoms with van der Waals surface area (Å²) >= 11 is 0. The summed E-state index contributed by atoms with van der Waals surface area (Å²) in [6.45, 7) is 11.4. The van der Waals surface area contributed by atoms with Crippen molar-refractivity contribution in [2.45, 2.75) is 53.2 Å². The standard InChI is InChI=1S/C14H26N2O3/c1-10(2)8-12(17)16(7)11(3)9-15-13(18)19-14(4,5)6/h8,11H,9H2,1-7H3,(H,15,18). The molecule has 1 atom stereocenters. The third-order valence-corrected chi connectivity index (χ3v) is 2.36. The molecule has 0 bridgehead atoms. The molecule has 0 aliphatic heterocycles. The summed E-state index contributed by atoms with van der Waals surface area (Å²) in [6.07, 6.45) is 1.10. The van der Waals surface area contributed by atoms with Gasteiger partial charge in [-0.3, -0.25) is 4.79 Å². The zero-order chi connectivity index (χ0) is 15.2. The van der Waals surface area contributed by atoms with E-state index in [0.29, 0.717) is 6.54 Å². The summed E-state index contributed by atoms with van der Waals surface area (Å²) in [5, 5.41) is 2.65. The second-order valence-electron chi connectivity index (χ2n) is 5.90. The first-order valence-corrected chi connectivity index (χ1v) is 6.41. The van der Waals surface area contributed by atoms with Gasteiger partial charge in [-0.2, -0.15) is 0 Å². The Hall–Kier alpha value is -1.52. The lowest BCUT2D eigenvalue weighted by Gasteiger charge is -2.25. The van der Waals surface area contributed by atoms with Crippen molar-refractivity contribution in [2.75, 3.05) is 13.6 Å². The molecule has 0 aliphatic rings. The van der Waals surface area contributed by atoms with Gasteiger partial charge in [0, 0.05) is 25.7 Å². The minimum atomic E-state index is -0.517. The van der Waals surface area contributed by atoms with E-state index in [1.807, 2.05) is 20.8 Å². The molecule has 0 aromatic carbocycles. The van der Waals surface area contributed by atoms with E-state index in [-0.39, 0.29) is 11.9 Å². The van der Waals surface area contributed by atoms with Crippen LogP contribution in [0.15, 0.2) is 11.6 Å². The van der Waals surface area contributed by atoms with Crippen molar-refractivity contribution in [3.8, 4) is 0 Å². The number of nitrogens with one attached hydrogen (secondary N) is 1. The van der Waals surface area contributed by atoms with E-state index in [1.54, 1.807) is 38.8 Å². The van der Waals surface area contributed by atoms with Crippen molar-refractivity contribution in [1.82, 2.24) is 10.2 Å². The van der Waals surface area contributed by atoms with Crippen LogP contribution in [0.3, 0.4) is 0 Å². The maximum absolute atomic E-state index is 11.8. The molecule has 0 aromatic rings. The van der Waals surface area contributed by atoms with E-state index in [4.69, 9.17) is 4.74 Å². The smallest absolute Gasteiger partial charge is 0.407 e. The minimum Gasteiger partial charge on any atom is -0.444 e. The van der Waals surface area contributed by atoms with Gasteiger partial charge in [0.1, 0.15) is 5.60 Å². The highest BCUT2D eigenvalue weighted by Crippen LogP contribution is 2.06. The Labute approximate surface area is 116 Å². The largest absolute Gasteiger partial charge is 0.444 e. The Kier molecular flexibility index (Phi) is 6.59. The molecule has 5 heteroatoms. The van der Waals surface area contributed by atoms with Crippen LogP contribution in [0, 0.1) is 0 Å². The van der Waals surface area contributed by atoms with Crippen LogP contribution in [-0.4, -0.2) is 42.1 Å². The summed E-state index contributed by atoms with van der Waals surface area (Å²) < 4.78 is 5.13. The fraction of sp³-hybridized carbons (Fsp3) is 0.714. The number of hydrogen-bond donors (Lipinski definition) is 1. The zero-order valence-corrected chi connectivity index (χ0v) is 13.0. The van der Waals surface area contributed by atoms with Crippen molar-refractivity contribution in [3.63, 3.8) is 0 Å². The number of carbonyl (C=O) groups is 2. The lowest BCUT2D eigenvalue weighted by Crippen LogP contribution is -2.43. The molecule has 0 aromatic heterocycles. The number of amides is 2. The topological polar surface area (TPSA) is 58.6 Å². The van der Waals surface area contributed by atoms with Crippen LogP contribution in [0.4, 0.5) is 4.79 Å². The van der Waals surface area contributed by atoms with Crippen LogP contribution in [0.25, 0.3) is 0 Å². The summed E-state index contributed by atoms with van der Waals surface area (Å²) in [5.74, 6) is -0.0708. The molecule has 0 saturated heterocycles. The first kappa shape index (κ1) is 17.5. The predicted octanol–water partition coefficient (Wildman–Crippen LogP) is 2.32. The predicted molar refractivity (Wildman–Crippen MR) is 75.9 cm³/mol. The van der Waals surface area contributed by atoms with E-state index < -0.39 is 11.7 Å². The van der Waals surface area contributed by atoms with E-state index in [1.165, 1.54) is 0 Å². The molecule has 5 nitrogen and oxygen atoms in total. The molecule has 0 rings (SSSR count). The van der Waals surface area contributed by atoms with Crippen LogP contribution < -0.4 is 5.32 Å². The molecule has 0 radical (unpaired) electrons. The maximum Gasteiger partial charge on any atom is 0.407 e. The fourth-order valence-corrected chi connectivity index (χ4v) is 1.25. The number of ether oxygens (including phenoxy) is 1. The van der Waals surface area contributed by atoms with Gasteiger partial charge in [-0.05, 0) is 41.5 Å². The molecule has 0 fully saturated rings. The molecule has 0 spiro atoms. The maximum atomic E-state index is 11.8. The Morgan fingerprint density at radius 1 is 1.32 bits per heavy atom. The number of allylic oxidation sites excluding steroid dienone is 1. The van der Waals surface area contributed by atoms with Gasteiger partial charge in [0.25, 0.3) is 0 Å². The molecule has 110 valence electrons. The monoisotopic (exact) mass is 270 g/mol. The molecule has 0 saturated carbocycles. The van der Waals surface area contributed by atoms with Gasteiger partial charge < -0.3 is 15.0 Å². The van der Waals surface area contributed by atoms with Gasteiger partial charge in [0.05, 0.1) is 0 Å². The fourth-order valence-electron chi connectivity index (χ4n) is 1.25. The number of alkyl carbamates (subject to hydrolysis) is 1. The lowest BCUT2D eigenvalue weighted by atomic mass is 10.2. The van der Waals surface area contributed by atoms with Gasteiger partial charge in [-0.1, -0.05) is 5.57 Å². The van der Waals surface area contributed by atoms with Gasteiger partial charge in [-0.15, -0.1) is 0 Å². The number of hydrogen-bond acceptors (Lipinski definition) is 3. The average Bonchev–Trinajstić information content (AvgIpc) is 2.21. The highest BCUT2D eigenvalue weighted by Gasteiger charge is 2.18. The van der Waals surface area contributed by atoms with E-state index in [0.717, 1.165) is 5.57 Å². The highest BCUT2D eigenvalue weighted by molar-refractivity contribution is 5.88. The first-order chi connectivity index (χ1) is 8.53. The minimum absolute atomic E-state index is 0.0708. The molecule has 1 N–H and O–H groups in total. The van der Waals surface area contributed by atoms with Crippen LogP contribution in [0.5, 0.6) is 0 Å². The second kappa shape index (κ2) is 7.16. The molecule has 0 heterocycles. The third kappa shape index (κ3) is 8.24. The Morgan fingerprint density at radius 3 is 2.26 bits per heavy atom. The van der Waals surface area contributed by atoms with Crippen LogP contribution in [0.1, 0.15) is 41.5 Å². The van der Waals surface area contributed by atoms with Crippen molar-refractivity contribution in [2.24, 2.45) is 0 Å². The summed E-state index contributed by atoms with van der Waals surface area (Å²) in [6, 6.07) is -0.101. The van der Waals surface area contributed by atoms with Crippen LogP contribution in [-0.2, 0) is 9.53 Å². The molecule has 2 amide bonds. The third-order valence-electron chi connectivity index (χ3n) is 2.36. The van der Waals surface area contributed by atoms with Crippen molar-refractivity contribution in [1.29, 1.82) is 0 Å². The Morgan fingerprint density at radius 2 is 1.84 bits per heavy atom. The molecule has 19 heavy (non-hydrogen) atoms. The highest BCUT2D eigenvalue weighted by atomic mass is 16.6. The van der Waals surface area contributed by atoms with Gasteiger partial charge in [0.2, 0.25) is 5.91 Å². The number of likely N-dealkylation sites (N-methyl/N-ethyl adjacent to an activating group) is 1. The average molecular weight is 270 g/mol. The Balaban J connectivity index is 4.25. The van der Waals surface area contributed by atoms with Gasteiger partial charge in [-0.25, -0.2) is 4.79 Å². The van der Waals surface area contributed by atoms with E-state index >= 15 is 0 Å². The SMILES string of the molecule is CC(C)=CC(=O)N(C)C(C)CNC(=O)OC(C)(C)C. The quantitative estimate of drug-likeness (QED) is 0.798. The van der Waals surface area contributed by atoms with Crippen molar-refractivity contribution >= 4 is 12.0 Å². The summed E-state index contributed by atoms with van der Waals surface area (Å²) in [7, 11) is 1.71. The Bertz CT molecular complexity index is 352. The molecule has 1 unspecified atom stereocenters. The van der Waals surface area contributed by atoms with Crippen LogP contribution >= 0.6 is 0 Å². The van der Waals surface area contributed by atoms with Gasteiger partial charge in [0.15, 0.2) is 0 Å². The van der Waals surface area contributed by atoms with Crippen LogP contribution in [0.2, 0.25) is 0 Å². The van der Waals surface area contributed by atoms with Crippen molar-refractivity contribution < 1.29 is 14.3 Å². The lowest BCUT2D eigenvalue weighted by molar-refractivity contribution is -0.126. The summed E-state index contributed by atoms with van der Waals surface area (Å²) in [5.41, 5.74) is 0.432. The first-order valence-electron chi connectivity index (χ1n) is 6.41. The van der Waals surface area contributed by atoms with Crippen molar-refractivity contribution in [3.05, 3.63) is 11.6 Å². The summed E-state index contributed by atoms with van der Waals surface area (Å²) in [4.78, 5) is 24.8. The number of carbonyl (C=O) groups excluding carboxylic acids is 2.